The highest BCUT2D eigenvalue weighted by molar-refractivity contribution is 14.0. The molecule has 1 aliphatic rings. The van der Waals surface area contributed by atoms with Crippen molar-refractivity contribution in [3.63, 3.8) is 0 Å². The van der Waals surface area contributed by atoms with Crippen LogP contribution in [0.5, 0.6) is 0 Å². The first-order valence-corrected chi connectivity index (χ1v) is 10.4. The molecule has 0 bridgehead atoms. The number of nitrogens with one attached hydrogen (secondary N) is 3. The van der Waals surface area contributed by atoms with Gasteiger partial charge in [-0.2, -0.15) is 0 Å². The topological polar surface area (TPSA) is 94.8 Å². The quantitative estimate of drug-likeness (QED) is 0.241. The third kappa shape index (κ3) is 6.44. The molecule has 0 spiro atoms. The minimum atomic E-state index is -0.310. The Kier molecular flexibility index (Phi) is 8.64. The molecule has 0 radical (unpaired) electrons. The Morgan fingerprint density at radius 3 is 2.91 bits per heavy atom. The van der Waals surface area contributed by atoms with Gasteiger partial charge in [-0.3, -0.25) is 9.79 Å². The Balaban J connectivity index is 0.00000306. The van der Waals surface area contributed by atoms with Gasteiger partial charge in [-0.05, 0) is 48.4 Å². The molecule has 1 unspecified atom stereocenters. The zero-order chi connectivity index (χ0) is 22.3. The van der Waals surface area contributed by atoms with Crippen LogP contribution in [0.1, 0.15) is 22.5 Å². The Morgan fingerprint density at radius 2 is 2.15 bits per heavy atom. The highest BCUT2D eigenvalue weighted by Crippen LogP contribution is 2.20. The summed E-state index contributed by atoms with van der Waals surface area (Å²) in [7, 11) is 1.71. The number of amides is 1. The summed E-state index contributed by atoms with van der Waals surface area (Å²) in [5, 5.41) is 9.49. The molecule has 3 heterocycles. The van der Waals surface area contributed by atoms with Gasteiger partial charge in [0.15, 0.2) is 23.4 Å². The number of anilines is 2. The first-order valence-electron chi connectivity index (χ1n) is 10.4. The van der Waals surface area contributed by atoms with Gasteiger partial charge in [-0.1, -0.05) is 12.1 Å². The summed E-state index contributed by atoms with van der Waals surface area (Å²) in [6.07, 6.45) is 3.92. The average molecular weight is 564 g/mol. The van der Waals surface area contributed by atoms with Gasteiger partial charge in [-0.15, -0.1) is 24.0 Å². The second-order valence-electron chi connectivity index (χ2n) is 7.44. The SMILES string of the molecule is CN=C(NCc1cccc(NC(=O)c2ccco2)c1)NC1CCN(c2ncccc2F)C1.I. The molecule has 0 aliphatic carbocycles. The number of rotatable bonds is 6. The molecule has 33 heavy (non-hydrogen) atoms. The Labute approximate surface area is 208 Å². The number of nitrogens with zero attached hydrogens (tertiary/aromatic N) is 3. The fourth-order valence-corrected chi connectivity index (χ4v) is 3.61. The molecular formula is C23H26FIN6O2. The number of halogens is 2. The minimum Gasteiger partial charge on any atom is -0.459 e. The summed E-state index contributed by atoms with van der Waals surface area (Å²) in [5.74, 6) is 0.688. The van der Waals surface area contributed by atoms with Crippen molar-refractivity contribution in [2.24, 2.45) is 4.99 Å². The van der Waals surface area contributed by atoms with Gasteiger partial charge in [0.2, 0.25) is 0 Å². The van der Waals surface area contributed by atoms with Gasteiger partial charge in [-0.25, -0.2) is 9.37 Å². The van der Waals surface area contributed by atoms with E-state index in [4.69, 9.17) is 4.42 Å². The second-order valence-corrected chi connectivity index (χ2v) is 7.44. The molecule has 4 rings (SSSR count). The summed E-state index contributed by atoms with van der Waals surface area (Å²) in [6.45, 7) is 1.89. The van der Waals surface area contributed by atoms with E-state index in [1.54, 1.807) is 31.4 Å². The van der Waals surface area contributed by atoms with Crippen LogP contribution < -0.4 is 20.9 Å². The highest BCUT2D eigenvalue weighted by atomic mass is 127. The summed E-state index contributed by atoms with van der Waals surface area (Å²) in [6, 6.07) is 14.0. The largest absolute Gasteiger partial charge is 0.459 e. The molecule has 1 amide bonds. The van der Waals surface area contributed by atoms with Crippen LogP contribution >= 0.6 is 24.0 Å². The number of carbonyl (C=O) groups excluding carboxylic acids is 1. The van der Waals surface area contributed by atoms with Gasteiger partial charge in [0, 0.05) is 44.6 Å². The van der Waals surface area contributed by atoms with Gasteiger partial charge in [0.1, 0.15) is 0 Å². The molecular weight excluding hydrogens is 538 g/mol. The molecule has 1 atom stereocenters. The van der Waals surface area contributed by atoms with E-state index < -0.39 is 0 Å². The van der Waals surface area contributed by atoms with Crippen LogP contribution in [-0.4, -0.2) is 43.0 Å². The van der Waals surface area contributed by atoms with Crippen LogP contribution in [-0.2, 0) is 6.54 Å². The van der Waals surface area contributed by atoms with Crippen molar-refractivity contribution in [3.8, 4) is 0 Å². The van der Waals surface area contributed by atoms with Crippen molar-refractivity contribution in [1.82, 2.24) is 15.6 Å². The molecule has 10 heteroatoms. The van der Waals surface area contributed by atoms with Gasteiger partial charge in [0.05, 0.1) is 6.26 Å². The summed E-state index contributed by atoms with van der Waals surface area (Å²) < 4.78 is 19.1. The summed E-state index contributed by atoms with van der Waals surface area (Å²) in [4.78, 5) is 22.5. The van der Waals surface area contributed by atoms with Crippen molar-refractivity contribution < 1.29 is 13.6 Å². The Bertz CT molecular complexity index is 1090. The normalized spacial score (nSPS) is 15.6. The van der Waals surface area contributed by atoms with E-state index in [9.17, 15) is 9.18 Å². The second kappa shape index (κ2) is 11.6. The first kappa shape index (κ1) is 24.5. The lowest BCUT2D eigenvalue weighted by atomic mass is 10.2. The Hall–Kier alpha value is -3.15. The number of hydrogen-bond donors (Lipinski definition) is 3. The Morgan fingerprint density at radius 1 is 1.27 bits per heavy atom. The third-order valence-corrected chi connectivity index (χ3v) is 5.18. The van der Waals surface area contributed by atoms with Gasteiger partial charge < -0.3 is 25.3 Å². The molecule has 3 aromatic rings. The number of guanidine groups is 1. The fourth-order valence-electron chi connectivity index (χ4n) is 3.61. The third-order valence-electron chi connectivity index (χ3n) is 5.18. The van der Waals surface area contributed by atoms with Crippen molar-refractivity contribution in [1.29, 1.82) is 0 Å². The number of aliphatic imine (C=N–C) groups is 1. The molecule has 0 saturated carbocycles. The van der Waals surface area contributed by atoms with E-state index in [0.717, 1.165) is 18.5 Å². The van der Waals surface area contributed by atoms with E-state index in [0.29, 0.717) is 30.6 Å². The lowest BCUT2D eigenvalue weighted by Gasteiger charge is -2.20. The van der Waals surface area contributed by atoms with Crippen LogP contribution in [0, 0.1) is 5.82 Å². The minimum absolute atomic E-state index is 0. The fraction of sp³-hybridized carbons (Fsp3) is 0.261. The molecule has 1 saturated heterocycles. The van der Waals surface area contributed by atoms with Gasteiger partial charge >= 0.3 is 0 Å². The van der Waals surface area contributed by atoms with Crippen LogP contribution in [0.3, 0.4) is 0 Å². The molecule has 1 aromatic carbocycles. The van der Waals surface area contributed by atoms with Crippen molar-refractivity contribution >= 4 is 47.3 Å². The average Bonchev–Trinajstić information content (AvgIpc) is 3.50. The standard InChI is InChI=1S/C23H25FN6O2.HI/c1-25-23(29-18-9-11-30(15-18)21-19(24)7-3-10-26-21)27-14-16-5-2-6-17(13-16)28-22(31)20-8-4-12-32-20;/h2-8,10,12-13,18H,9,11,14-15H2,1H3,(H,28,31)(H2,25,27,29);1H. The van der Waals surface area contributed by atoms with Gasteiger partial charge in [0.25, 0.3) is 5.91 Å². The van der Waals surface area contributed by atoms with Crippen LogP contribution in [0.15, 0.2) is 70.4 Å². The zero-order valence-corrected chi connectivity index (χ0v) is 20.5. The highest BCUT2D eigenvalue weighted by Gasteiger charge is 2.25. The lowest BCUT2D eigenvalue weighted by molar-refractivity contribution is 0.0996. The van der Waals surface area contributed by atoms with Crippen LogP contribution in [0.2, 0.25) is 0 Å². The molecule has 8 nitrogen and oxygen atoms in total. The monoisotopic (exact) mass is 564 g/mol. The number of aromatic nitrogens is 1. The molecule has 174 valence electrons. The summed E-state index contributed by atoms with van der Waals surface area (Å²) >= 11 is 0. The van der Waals surface area contributed by atoms with E-state index in [-0.39, 0.29) is 47.5 Å². The first-order chi connectivity index (χ1) is 15.6. The zero-order valence-electron chi connectivity index (χ0n) is 18.1. The molecule has 3 N–H and O–H groups in total. The van der Waals surface area contributed by atoms with E-state index in [2.05, 4.69) is 25.9 Å². The number of furan rings is 1. The molecule has 2 aromatic heterocycles. The predicted molar refractivity (Wildman–Crippen MR) is 137 cm³/mol. The van der Waals surface area contributed by atoms with Crippen molar-refractivity contribution in [2.45, 2.75) is 19.0 Å². The maximum atomic E-state index is 14.0. The molecule has 1 aliphatic heterocycles. The number of pyridine rings is 1. The predicted octanol–water partition coefficient (Wildman–Crippen LogP) is 3.63. The van der Waals surface area contributed by atoms with E-state index in [1.807, 2.05) is 29.2 Å². The summed E-state index contributed by atoms with van der Waals surface area (Å²) in [5.41, 5.74) is 1.66. The smallest absolute Gasteiger partial charge is 0.291 e. The van der Waals surface area contributed by atoms with Crippen LogP contribution in [0.25, 0.3) is 0 Å². The molecule has 1 fully saturated rings. The van der Waals surface area contributed by atoms with E-state index in [1.165, 1.54) is 12.3 Å². The maximum absolute atomic E-state index is 14.0. The van der Waals surface area contributed by atoms with Crippen molar-refractivity contribution in [2.75, 3.05) is 30.4 Å². The van der Waals surface area contributed by atoms with Crippen LogP contribution in [0.4, 0.5) is 15.9 Å². The number of carbonyl (C=O) groups is 1. The number of benzene rings is 1. The maximum Gasteiger partial charge on any atom is 0.291 e. The number of hydrogen-bond acceptors (Lipinski definition) is 5. The van der Waals surface area contributed by atoms with Crippen molar-refractivity contribution in [3.05, 3.63) is 78.1 Å². The van der Waals surface area contributed by atoms with E-state index >= 15 is 0 Å². The lowest BCUT2D eigenvalue weighted by Crippen LogP contribution is -2.44.